The molecule has 0 radical (unpaired) electrons. The number of nitrogens with zero attached hydrogens (tertiary/aromatic N) is 1. The number of fused-ring (bicyclic) bond motifs is 6. The van der Waals surface area contributed by atoms with Crippen LogP contribution in [0.15, 0.2) is 152 Å². The molecule has 0 saturated heterocycles. The van der Waals surface area contributed by atoms with Crippen molar-refractivity contribution >= 4 is 95.6 Å². The van der Waals surface area contributed by atoms with E-state index in [4.69, 9.17) is 0 Å². The van der Waals surface area contributed by atoms with Crippen molar-refractivity contribution in [1.82, 2.24) is 4.57 Å². The van der Waals surface area contributed by atoms with Gasteiger partial charge in [0.2, 0.25) is 0 Å². The van der Waals surface area contributed by atoms with Crippen molar-refractivity contribution in [3.63, 3.8) is 0 Å². The van der Waals surface area contributed by atoms with Crippen LogP contribution in [0.25, 0.3) is 101 Å². The summed E-state index contributed by atoms with van der Waals surface area (Å²) in [7, 11) is 0. The highest BCUT2D eigenvalue weighted by atomic mass is 32.1. The molecule has 0 N–H and O–H groups in total. The molecule has 8 aromatic carbocycles. The molecule has 218 valence electrons. The minimum Gasteiger partial charge on any atom is -0.309 e. The van der Waals surface area contributed by atoms with Gasteiger partial charge >= 0.3 is 0 Å². The van der Waals surface area contributed by atoms with Crippen LogP contribution >= 0.6 is 22.7 Å². The Balaban J connectivity index is 1.17. The van der Waals surface area contributed by atoms with Crippen LogP contribution in [0.4, 0.5) is 0 Å². The summed E-state index contributed by atoms with van der Waals surface area (Å²) >= 11 is 3.76. The highest BCUT2D eigenvalue weighted by Gasteiger charge is 2.20. The zero-order chi connectivity index (χ0) is 30.6. The number of benzene rings is 8. The van der Waals surface area contributed by atoms with E-state index in [1.165, 1.54) is 101 Å². The van der Waals surface area contributed by atoms with Crippen LogP contribution < -0.4 is 0 Å². The van der Waals surface area contributed by atoms with Gasteiger partial charge in [0.15, 0.2) is 0 Å². The highest BCUT2D eigenvalue weighted by Crippen LogP contribution is 2.45. The largest absolute Gasteiger partial charge is 0.309 e. The Morgan fingerprint density at radius 1 is 0.340 bits per heavy atom. The first kappa shape index (κ1) is 25.7. The number of hydrogen-bond donors (Lipinski definition) is 0. The van der Waals surface area contributed by atoms with Crippen molar-refractivity contribution in [3.8, 4) is 27.9 Å². The number of para-hydroxylation sites is 1. The first-order valence-electron chi connectivity index (χ1n) is 16.0. The predicted molar refractivity (Wildman–Crippen MR) is 206 cm³/mol. The fourth-order valence-electron chi connectivity index (χ4n) is 7.77. The highest BCUT2D eigenvalue weighted by molar-refractivity contribution is 7.26. The van der Waals surface area contributed by atoms with E-state index in [0.717, 1.165) is 0 Å². The van der Waals surface area contributed by atoms with Gasteiger partial charge in [-0.3, -0.25) is 0 Å². The van der Waals surface area contributed by atoms with Crippen LogP contribution in [-0.4, -0.2) is 4.57 Å². The molecule has 3 heteroatoms. The normalized spacial score (nSPS) is 12.3. The van der Waals surface area contributed by atoms with E-state index in [-0.39, 0.29) is 0 Å². The third-order valence-electron chi connectivity index (χ3n) is 9.91. The Morgan fingerprint density at radius 3 is 1.34 bits per heavy atom. The number of hydrogen-bond acceptors (Lipinski definition) is 2. The summed E-state index contributed by atoms with van der Waals surface area (Å²) in [5.41, 5.74) is 8.68. The zero-order valence-electron chi connectivity index (χ0n) is 25.2. The Kier molecular flexibility index (Phi) is 5.20. The lowest BCUT2D eigenvalue weighted by atomic mass is 9.95. The van der Waals surface area contributed by atoms with Gasteiger partial charge in [-0.2, -0.15) is 0 Å². The Hall–Kier alpha value is -5.48. The third kappa shape index (κ3) is 3.70. The topological polar surface area (TPSA) is 4.93 Å². The Morgan fingerprint density at radius 2 is 0.809 bits per heavy atom. The fourth-order valence-corrected chi connectivity index (χ4v) is 10.1. The maximum absolute atomic E-state index is 2.48. The van der Waals surface area contributed by atoms with Gasteiger partial charge in [-0.1, -0.05) is 91.0 Å². The van der Waals surface area contributed by atoms with E-state index < -0.39 is 0 Å². The van der Waals surface area contributed by atoms with Gasteiger partial charge in [0, 0.05) is 56.8 Å². The van der Waals surface area contributed by atoms with Gasteiger partial charge in [-0.05, 0) is 93.7 Å². The smallest absolute Gasteiger partial charge is 0.0553 e. The van der Waals surface area contributed by atoms with Gasteiger partial charge < -0.3 is 4.57 Å². The van der Waals surface area contributed by atoms with Crippen LogP contribution in [0.3, 0.4) is 0 Å². The second-order valence-electron chi connectivity index (χ2n) is 12.5. The second-order valence-corrected chi connectivity index (χ2v) is 14.7. The lowest BCUT2D eigenvalue weighted by molar-refractivity contribution is 1.18. The molecule has 0 aliphatic rings. The molecule has 0 bridgehead atoms. The molecule has 0 unspecified atom stereocenters. The maximum atomic E-state index is 2.48. The molecule has 0 aliphatic heterocycles. The molecular formula is C44H25NS2. The van der Waals surface area contributed by atoms with Crippen LogP contribution in [-0.2, 0) is 0 Å². The summed E-state index contributed by atoms with van der Waals surface area (Å²) in [5, 5.41) is 10.6. The standard InChI is InChI=1S/C44H25NS2/c1-2-8-32(9-3-1)45-37-22-30(26-16-18-35-33-10-4-6-12-39(33)46-41(35)24-26)20-28-14-15-29-21-31(23-38(45)44(29)43(28)37)27-17-19-36-34-11-5-7-13-40(34)47-42(36)25-27/h1-25H. The van der Waals surface area contributed by atoms with Gasteiger partial charge in [-0.15, -0.1) is 22.7 Å². The van der Waals surface area contributed by atoms with E-state index in [1.54, 1.807) is 0 Å². The lowest BCUT2D eigenvalue weighted by Gasteiger charge is -2.10. The molecule has 0 amide bonds. The van der Waals surface area contributed by atoms with Crippen LogP contribution in [0.5, 0.6) is 0 Å². The van der Waals surface area contributed by atoms with Crippen molar-refractivity contribution < 1.29 is 0 Å². The van der Waals surface area contributed by atoms with Gasteiger partial charge in [0.25, 0.3) is 0 Å². The SMILES string of the molecule is c1ccc(-n2c3cc(-c4ccc5c(c4)sc4ccccc45)cc4ccc5cc(-c6ccc7c(c6)sc6ccccc67)cc2c5c43)cc1. The van der Waals surface area contributed by atoms with Crippen molar-refractivity contribution in [2.45, 2.75) is 0 Å². The van der Waals surface area contributed by atoms with Gasteiger partial charge in [0.05, 0.1) is 11.0 Å². The van der Waals surface area contributed by atoms with E-state index in [2.05, 4.69) is 156 Å². The minimum atomic E-state index is 1.18. The molecular weight excluding hydrogens is 607 g/mol. The summed E-state index contributed by atoms with van der Waals surface area (Å²) in [4.78, 5) is 0. The van der Waals surface area contributed by atoms with Crippen molar-refractivity contribution in [2.24, 2.45) is 0 Å². The molecule has 0 aliphatic carbocycles. The van der Waals surface area contributed by atoms with Gasteiger partial charge in [0.1, 0.15) is 0 Å². The average molecular weight is 632 g/mol. The average Bonchev–Trinajstić information content (AvgIpc) is 3.79. The molecule has 1 nitrogen and oxygen atoms in total. The molecule has 0 saturated carbocycles. The van der Waals surface area contributed by atoms with E-state index >= 15 is 0 Å². The number of thiophene rings is 2. The third-order valence-corrected chi connectivity index (χ3v) is 12.2. The molecule has 0 atom stereocenters. The molecule has 3 aromatic heterocycles. The monoisotopic (exact) mass is 631 g/mol. The van der Waals surface area contributed by atoms with E-state index in [1.807, 2.05) is 22.7 Å². The molecule has 47 heavy (non-hydrogen) atoms. The molecule has 11 rings (SSSR count). The Bertz CT molecular complexity index is 2830. The molecule has 11 aromatic rings. The van der Waals surface area contributed by atoms with Gasteiger partial charge in [-0.25, -0.2) is 0 Å². The second kappa shape index (κ2) is 9.52. The maximum Gasteiger partial charge on any atom is 0.0553 e. The number of rotatable bonds is 3. The summed E-state index contributed by atoms with van der Waals surface area (Å²) in [6, 6.07) is 56.5. The quantitative estimate of drug-likeness (QED) is 0.171. The van der Waals surface area contributed by atoms with E-state index in [9.17, 15) is 0 Å². The van der Waals surface area contributed by atoms with Crippen molar-refractivity contribution in [3.05, 3.63) is 152 Å². The summed E-state index contributed by atoms with van der Waals surface area (Å²) in [6.07, 6.45) is 0. The summed E-state index contributed by atoms with van der Waals surface area (Å²) in [6.45, 7) is 0. The Labute approximate surface area is 278 Å². The minimum absolute atomic E-state index is 1.18. The van der Waals surface area contributed by atoms with Crippen LogP contribution in [0, 0.1) is 0 Å². The first-order valence-corrected chi connectivity index (χ1v) is 17.6. The molecule has 3 heterocycles. The molecule has 0 fully saturated rings. The fraction of sp³-hybridized carbons (Fsp3) is 0. The van der Waals surface area contributed by atoms with Crippen LogP contribution in [0.1, 0.15) is 0 Å². The number of aromatic nitrogens is 1. The van der Waals surface area contributed by atoms with Crippen LogP contribution in [0.2, 0.25) is 0 Å². The summed E-state index contributed by atoms with van der Waals surface area (Å²) in [5.74, 6) is 0. The zero-order valence-corrected chi connectivity index (χ0v) is 26.8. The predicted octanol–water partition coefficient (Wildman–Crippen LogP) is 13.4. The molecule has 0 spiro atoms. The van der Waals surface area contributed by atoms with E-state index in [0.29, 0.717) is 0 Å². The first-order chi connectivity index (χ1) is 23.3. The lowest BCUT2D eigenvalue weighted by Crippen LogP contribution is -1.94. The van der Waals surface area contributed by atoms with Crippen molar-refractivity contribution in [1.29, 1.82) is 0 Å². The van der Waals surface area contributed by atoms with Crippen molar-refractivity contribution in [2.75, 3.05) is 0 Å². The summed E-state index contributed by atoms with van der Waals surface area (Å²) < 4.78 is 7.82.